The Morgan fingerprint density at radius 1 is 1.46 bits per heavy atom. The van der Waals surface area contributed by atoms with Crippen molar-refractivity contribution in [3.8, 4) is 0 Å². The maximum atomic E-state index is 11.0. The number of carbonyl (C=O) groups is 2. The zero-order valence-corrected chi connectivity index (χ0v) is 7.75. The predicted octanol–water partition coefficient (Wildman–Crippen LogP) is -0.843. The lowest BCUT2D eigenvalue weighted by Gasteiger charge is -2.19. The summed E-state index contributed by atoms with van der Waals surface area (Å²) >= 11 is 0. The third kappa shape index (κ3) is 5.02. The standard InChI is InChI=1S/C7H16N4O2/c1-2-3-4-11(5-6(8)12)7(13)10-9/h2-5,9H2,1H3,(H2,8,12)(H,10,13). The van der Waals surface area contributed by atoms with Crippen LogP contribution < -0.4 is 17.0 Å². The molecule has 13 heavy (non-hydrogen) atoms. The second kappa shape index (κ2) is 6.24. The topological polar surface area (TPSA) is 101 Å². The van der Waals surface area contributed by atoms with Crippen molar-refractivity contribution in [2.45, 2.75) is 19.8 Å². The average Bonchev–Trinajstić information content (AvgIpc) is 2.10. The molecule has 0 saturated carbocycles. The van der Waals surface area contributed by atoms with Gasteiger partial charge in [0.1, 0.15) is 6.54 Å². The second-order valence-corrected chi connectivity index (χ2v) is 2.69. The third-order valence-electron chi connectivity index (χ3n) is 1.54. The predicted molar refractivity (Wildman–Crippen MR) is 48.4 cm³/mol. The van der Waals surface area contributed by atoms with Crippen molar-refractivity contribution >= 4 is 11.9 Å². The Hall–Kier alpha value is -1.30. The molecular weight excluding hydrogens is 172 g/mol. The van der Waals surface area contributed by atoms with E-state index in [1.165, 1.54) is 4.90 Å². The molecule has 0 radical (unpaired) electrons. The van der Waals surface area contributed by atoms with Gasteiger partial charge in [0.25, 0.3) is 0 Å². The molecule has 0 aromatic carbocycles. The van der Waals surface area contributed by atoms with Crippen molar-refractivity contribution < 1.29 is 9.59 Å². The molecule has 0 spiro atoms. The van der Waals surface area contributed by atoms with E-state index < -0.39 is 11.9 Å². The molecule has 0 bridgehead atoms. The molecule has 0 aliphatic carbocycles. The lowest BCUT2D eigenvalue weighted by molar-refractivity contribution is -0.118. The van der Waals surface area contributed by atoms with Crippen molar-refractivity contribution in [1.29, 1.82) is 0 Å². The number of hydrogen-bond donors (Lipinski definition) is 3. The Morgan fingerprint density at radius 2 is 2.08 bits per heavy atom. The van der Waals surface area contributed by atoms with Crippen LogP contribution in [-0.4, -0.2) is 29.9 Å². The number of rotatable bonds is 5. The van der Waals surface area contributed by atoms with Crippen molar-refractivity contribution in [2.75, 3.05) is 13.1 Å². The van der Waals surface area contributed by atoms with Crippen molar-refractivity contribution in [3.63, 3.8) is 0 Å². The molecule has 0 aliphatic rings. The van der Waals surface area contributed by atoms with Crippen LogP contribution in [-0.2, 0) is 4.79 Å². The average molecular weight is 188 g/mol. The number of unbranched alkanes of at least 4 members (excludes halogenated alkanes) is 1. The van der Waals surface area contributed by atoms with Gasteiger partial charge in [-0.15, -0.1) is 0 Å². The summed E-state index contributed by atoms with van der Waals surface area (Å²) in [6, 6.07) is -0.479. The number of amides is 3. The summed E-state index contributed by atoms with van der Waals surface area (Å²) in [7, 11) is 0. The summed E-state index contributed by atoms with van der Waals surface area (Å²) in [6.45, 7) is 2.38. The number of primary amides is 1. The third-order valence-corrected chi connectivity index (χ3v) is 1.54. The monoisotopic (exact) mass is 188 g/mol. The van der Waals surface area contributed by atoms with Gasteiger partial charge < -0.3 is 10.6 Å². The molecule has 0 aliphatic heterocycles. The second-order valence-electron chi connectivity index (χ2n) is 2.69. The number of carbonyl (C=O) groups excluding carboxylic acids is 2. The first-order valence-electron chi connectivity index (χ1n) is 4.15. The number of nitrogens with two attached hydrogens (primary N) is 2. The molecular formula is C7H16N4O2. The first kappa shape index (κ1) is 11.7. The summed E-state index contributed by atoms with van der Waals surface area (Å²) in [6.07, 6.45) is 1.76. The molecule has 3 amide bonds. The normalized spacial score (nSPS) is 9.38. The van der Waals surface area contributed by atoms with Crippen LogP contribution in [0.1, 0.15) is 19.8 Å². The van der Waals surface area contributed by atoms with E-state index in [0.717, 1.165) is 12.8 Å². The zero-order chi connectivity index (χ0) is 10.3. The summed E-state index contributed by atoms with van der Waals surface area (Å²) < 4.78 is 0. The van der Waals surface area contributed by atoms with Crippen LogP contribution in [0.3, 0.4) is 0 Å². The highest BCUT2D eigenvalue weighted by Crippen LogP contribution is 1.94. The van der Waals surface area contributed by atoms with Crippen molar-refractivity contribution in [2.24, 2.45) is 11.6 Å². The van der Waals surface area contributed by atoms with Gasteiger partial charge in [0, 0.05) is 6.54 Å². The van der Waals surface area contributed by atoms with Crippen LogP contribution in [0.4, 0.5) is 4.79 Å². The fraction of sp³-hybridized carbons (Fsp3) is 0.714. The van der Waals surface area contributed by atoms with Crippen LogP contribution >= 0.6 is 0 Å². The molecule has 0 saturated heterocycles. The summed E-state index contributed by atoms with van der Waals surface area (Å²) in [5.74, 6) is 4.39. The number of hydrogen-bond acceptors (Lipinski definition) is 3. The molecule has 0 heterocycles. The first-order chi connectivity index (χ1) is 6.11. The van der Waals surface area contributed by atoms with E-state index in [9.17, 15) is 9.59 Å². The van der Waals surface area contributed by atoms with Crippen molar-refractivity contribution in [3.05, 3.63) is 0 Å². The number of nitrogens with zero attached hydrogens (tertiary/aromatic N) is 1. The number of urea groups is 1. The number of nitrogens with one attached hydrogen (secondary N) is 1. The molecule has 5 N–H and O–H groups in total. The Bertz CT molecular complexity index is 183. The zero-order valence-electron chi connectivity index (χ0n) is 7.75. The van der Waals surface area contributed by atoms with Gasteiger partial charge in [-0.25, -0.2) is 10.6 Å². The van der Waals surface area contributed by atoms with E-state index in [2.05, 4.69) is 0 Å². The summed E-state index contributed by atoms with van der Waals surface area (Å²) in [5, 5.41) is 0. The first-order valence-corrected chi connectivity index (χ1v) is 4.15. The van der Waals surface area contributed by atoms with E-state index in [4.69, 9.17) is 11.6 Å². The van der Waals surface area contributed by atoms with Crippen molar-refractivity contribution in [1.82, 2.24) is 10.3 Å². The molecule has 0 fully saturated rings. The van der Waals surface area contributed by atoms with Crippen LogP contribution in [0.25, 0.3) is 0 Å². The fourth-order valence-corrected chi connectivity index (χ4v) is 0.881. The quantitative estimate of drug-likeness (QED) is 0.298. The van der Waals surface area contributed by atoms with Gasteiger partial charge in [-0.1, -0.05) is 13.3 Å². The lowest BCUT2D eigenvalue weighted by atomic mass is 10.3. The van der Waals surface area contributed by atoms with Crippen LogP contribution in [0, 0.1) is 0 Å². The maximum Gasteiger partial charge on any atom is 0.331 e. The molecule has 6 nitrogen and oxygen atoms in total. The highest BCUT2D eigenvalue weighted by molar-refractivity contribution is 5.82. The van der Waals surface area contributed by atoms with Gasteiger partial charge in [0.2, 0.25) is 5.91 Å². The van der Waals surface area contributed by atoms with Crippen LogP contribution in [0.2, 0.25) is 0 Å². The van der Waals surface area contributed by atoms with Gasteiger partial charge in [-0.05, 0) is 6.42 Å². The summed E-state index contributed by atoms with van der Waals surface area (Å²) in [5.41, 5.74) is 6.91. The molecule has 0 atom stereocenters. The van der Waals surface area contributed by atoms with E-state index in [0.29, 0.717) is 6.54 Å². The Kier molecular flexibility index (Phi) is 5.62. The SMILES string of the molecule is CCCCN(CC(N)=O)C(=O)NN. The Labute approximate surface area is 77.2 Å². The highest BCUT2D eigenvalue weighted by Gasteiger charge is 2.13. The summed E-state index contributed by atoms with van der Waals surface area (Å²) in [4.78, 5) is 22.9. The number of hydrazine groups is 1. The van der Waals surface area contributed by atoms with E-state index in [1.54, 1.807) is 0 Å². The highest BCUT2D eigenvalue weighted by atomic mass is 16.2. The van der Waals surface area contributed by atoms with E-state index in [1.807, 2.05) is 12.3 Å². The minimum absolute atomic E-state index is 0.0942. The van der Waals surface area contributed by atoms with Gasteiger partial charge in [-0.2, -0.15) is 0 Å². The fourth-order valence-electron chi connectivity index (χ4n) is 0.881. The van der Waals surface area contributed by atoms with Gasteiger partial charge in [0.05, 0.1) is 0 Å². The Balaban J connectivity index is 4.02. The molecule has 0 aromatic rings. The molecule has 6 heteroatoms. The minimum atomic E-state index is -0.542. The molecule has 76 valence electrons. The van der Waals surface area contributed by atoms with Crippen LogP contribution in [0.5, 0.6) is 0 Å². The Morgan fingerprint density at radius 3 is 2.46 bits per heavy atom. The molecule has 0 unspecified atom stereocenters. The van der Waals surface area contributed by atoms with Crippen LogP contribution in [0.15, 0.2) is 0 Å². The molecule has 0 rings (SSSR count). The minimum Gasteiger partial charge on any atom is -0.368 e. The lowest BCUT2D eigenvalue weighted by Crippen LogP contribution is -2.47. The largest absolute Gasteiger partial charge is 0.368 e. The van der Waals surface area contributed by atoms with Gasteiger partial charge in [0.15, 0.2) is 0 Å². The smallest absolute Gasteiger partial charge is 0.331 e. The van der Waals surface area contributed by atoms with E-state index in [-0.39, 0.29) is 6.54 Å². The van der Waals surface area contributed by atoms with Gasteiger partial charge >= 0.3 is 6.03 Å². The molecule has 0 aromatic heterocycles. The van der Waals surface area contributed by atoms with E-state index >= 15 is 0 Å². The van der Waals surface area contributed by atoms with Gasteiger partial charge in [-0.3, -0.25) is 10.2 Å². The maximum absolute atomic E-state index is 11.0.